The lowest BCUT2D eigenvalue weighted by Gasteiger charge is -2.14. The molecule has 5 nitrogen and oxygen atoms in total. The minimum absolute atomic E-state index is 0.129. The summed E-state index contributed by atoms with van der Waals surface area (Å²) in [4.78, 5) is 4.48. The van der Waals surface area contributed by atoms with Gasteiger partial charge in [0.1, 0.15) is 0 Å². The fourth-order valence-corrected chi connectivity index (χ4v) is 2.44. The van der Waals surface area contributed by atoms with E-state index in [-0.39, 0.29) is 6.10 Å². The molecule has 5 heteroatoms. The number of methoxy groups -OCH3 is 1. The van der Waals surface area contributed by atoms with Gasteiger partial charge in [-0.15, -0.1) is 0 Å². The van der Waals surface area contributed by atoms with Crippen molar-refractivity contribution in [3.05, 3.63) is 11.7 Å². The molecule has 1 saturated carbocycles. The molecule has 1 N–H and O–H groups in total. The number of likely N-dealkylation sites (N-methyl/N-ethyl adjacent to an activating group) is 1. The molecule has 0 bridgehead atoms. The summed E-state index contributed by atoms with van der Waals surface area (Å²) < 4.78 is 10.6. The summed E-state index contributed by atoms with van der Waals surface area (Å²) in [6, 6.07) is 0.475. The zero-order valence-corrected chi connectivity index (χ0v) is 10.8. The lowest BCUT2D eigenvalue weighted by Crippen LogP contribution is -2.27. The van der Waals surface area contributed by atoms with Gasteiger partial charge in [0.05, 0.1) is 12.0 Å². The van der Waals surface area contributed by atoms with Gasteiger partial charge in [0.2, 0.25) is 5.89 Å². The lowest BCUT2D eigenvalue weighted by atomic mass is 10.0. The number of aromatic nitrogens is 2. The van der Waals surface area contributed by atoms with Crippen LogP contribution in [0.3, 0.4) is 0 Å². The predicted molar refractivity (Wildman–Crippen MR) is 63.9 cm³/mol. The van der Waals surface area contributed by atoms with Crippen LogP contribution in [0, 0.1) is 0 Å². The van der Waals surface area contributed by atoms with Crippen LogP contribution in [0.25, 0.3) is 0 Å². The Morgan fingerprint density at radius 2 is 2.35 bits per heavy atom. The smallest absolute Gasteiger partial charge is 0.231 e. The molecule has 3 unspecified atom stereocenters. The minimum atomic E-state index is 0.129. The van der Waals surface area contributed by atoms with Crippen LogP contribution in [-0.2, 0) is 11.2 Å². The maximum absolute atomic E-state index is 5.37. The molecule has 1 heterocycles. The van der Waals surface area contributed by atoms with Crippen LogP contribution in [0.4, 0.5) is 0 Å². The fraction of sp³-hybridized carbons (Fsp3) is 0.833. The van der Waals surface area contributed by atoms with Crippen molar-refractivity contribution >= 4 is 0 Å². The van der Waals surface area contributed by atoms with E-state index < -0.39 is 0 Å². The van der Waals surface area contributed by atoms with E-state index in [2.05, 4.69) is 15.5 Å². The first-order valence-electron chi connectivity index (χ1n) is 6.27. The van der Waals surface area contributed by atoms with Crippen molar-refractivity contribution in [1.82, 2.24) is 15.5 Å². The number of hydrogen-bond acceptors (Lipinski definition) is 5. The standard InChI is InChI=1S/C12H21N3O2/c1-8(16-3)7-11-14-12(17-15-11)9-5-4-6-10(9)13-2/h8-10,13H,4-7H2,1-3H3. The maximum atomic E-state index is 5.37. The Labute approximate surface area is 102 Å². The highest BCUT2D eigenvalue weighted by molar-refractivity contribution is 5.03. The van der Waals surface area contributed by atoms with Gasteiger partial charge in [0, 0.05) is 19.6 Å². The quantitative estimate of drug-likeness (QED) is 0.843. The first-order valence-corrected chi connectivity index (χ1v) is 6.27. The van der Waals surface area contributed by atoms with Gasteiger partial charge in [-0.2, -0.15) is 4.98 Å². The summed E-state index contributed by atoms with van der Waals surface area (Å²) in [7, 11) is 3.69. The average molecular weight is 239 g/mol. The highest BCUT2D eigenvalue weighted by Gasteiger charge is 2.31. The Balaban J connectivity index is 2.02. The molecule has 1 aromatic heterocycles. The van der Waals surface area contributed by atoms with Crippen molar-refractivity contribution in [2.45, 2.75) is 50.7 Å². The number of nitrogens with one attached hydrogen (secondary N) is 1. The van der Waals surface area contributed by atoms with Gasteiger partial charge in [-0.3, -0.25) is 0 Å². The van der Waals surface area contributed by atoms with Crippen molar-refractivity contribution in [2.24, 2.45) is 0 Å². The average Bonchev–Trinajstić information content (AvgIpc) is 2.95. The second-order valence-corrected chi connectivity index (χ2v) is 4.73. The second kappa shape index (κ2) is 5.60. The van der Waals surface area contributed by atoms with Gasteiger partial charge in [-0.05, 0) is 26.8 Å². The fourth-order valence-electron chi connectivity index (χ4n) is 2.44. The molecule has 17 heavy (non-hydrogen) atoms. The van der Waals surface area contributed by atoms with Crippen LogP contribution < -0.4 is 5.32 Å². The molecule has 3 atom stereocenters. The maximum Gasteiger partial charge on any atom is 0.231 e. The highest BCUT2D eigenvalue weighted by atomic mass is 16.5. The van der Waals surface area contributed by atoms with E-state index in [1.54, 1.807) is 7.11 Å². The molecule has 0 spiro atoms. The molecule has 0 saturated heterocycles. The Bertz CT molecular complexity index is 353. The molecule has 1 aromatic rings. The Morgan fingerprint density at radius 3 is 3.06 bits per heavy atom. The Kier molecular flexibility index (Phi) is 4.12. The van der Waals surface area contributed by atoms with E-state index in [1.165, 1.54) is 12.8 Å². The van der Waals surface area contributed by atoms with E-state index >= 15 is 0 Å². The van der Waals surface area contributed by atoms with E-state index in [9.17, 15) is 0 Å². The molecule has 0 radical (unpaired) electrons. The normalized spacial score (nSPS) is 26.3. The van der Waals surface area contributed by atoms with Crippen LogP contribution in [0.15, 0.2) is 4.52 Å². The van der Waals surface area contributed by atoms with Gasteiger partial charge >= 0.3 is 0 Å². The molecule has 0 aliphatic heterocycles. The third kappa shape index (κ3) is 2.84. The van der Waals surface area contributed by atoms with Gasteiger partial charge in [0.15, 0.2) is 5.82 Å². The predicted octanol–water partition coefficient (Wildman–Crippen LogP) is 1.50. The molecule has 96 valence electrons. The molecule has 0 aromatic carbocycles. The van der Waals surface area contributed by atoms with E-state index in [1.807, 2.05) is 14.0 Å². The Hall–Kier alpha value is -0.940. The zero-order valence-electron chi connectivity index (χ0n) is 10.8. The third-order valence-corrected chi connectivity index (χ3v) is 3.56. The van der Waals surface area contributed by atoms with Crippen LogP contribution in [0.2, 0.25) is 0 Å². The Morgan fingerprint density at radius 1 is 1.53 bits per heavy atom. The monoisotopic (exact) mass is 239 g/mol. The highest BCUT2D eigenvalue weighted by Crippen LogP contribution is 2.33. The topological polar surface area (TPSA) is 60.2 Å². The molecule has 1 aliphatic carbocycles. The third-order valence-electron chi connectivity index (χ3n) is 3.56. The van der Waals surface area contributed by atoms with Crippen molar-refractivity contribution in [3.8, 4) is 0 Å². The summed E-state index contributed by atoms with van der Waals surface area (Å²) in [5, 5.41) is 7.34. The summed E-state index contributed by atoms with van der Waals surface area (Å²) in [5.41, 5.74) is 0. The van der Waals surface area contributed by atoms with Gasteiger partial charge in [-0.1, -0.05) is 11.6 Å². The van der Waals surface area contributed by atoms with Crippen molar-refractivity contribution in [2.75, 3.05) is 14.2 Å². The van der Waals surface area contributed by atoms with Crippen LogP contribution in [-0.4, -0.2) is 36.4 Å². The SMILES string of the molecule is CNC1CCCC1c1nc(CC(C)OC)no1. The second-order valence-electron chi connectivity index (χ2n) is 4.73. The molecular formula is C12H21N3O2. The summed E-state index contributed by atoms with van der Waals surface area (Å²) in [6.07, 6.45) is 4.38. The summed E-state index contributed by atoms with van der Waals surface area (Å²) >= 11 is 0. The first kappa shape index (κ1) is 12.5. The first-order chi connectivity index (χ1) is 8.24. The van der Waals surface area contributed by atoms with E-state index in [4.69, 9.17) is 9.26 Å². The summed E-state index contributed by atoms with van der Waals surface area (Å²) in [5.74, 6) is 1.90. The summed E-state index contributed by atoms with van der Waals surface area (Å²) in [6.45, 7) is 2.00. The van der Waals surface area contributed by atoms with Crippen molar-refractivity contribution < 1.29 is 9.26 Å². The molecule has 1 aliphatic rings. The lowest BCUT2D eigenvalue weighted by molar-refractivity contribution is 0.116. The van der Waals surface area contributed by atoms with E-state index in [0.29, 0.717) is 18.4 Å². The zero-order chi connectivity index (χ0) is 12.3. The molecule has 0 amide bonds. The minimum Gasteiger partial charge on any atom is -0.381 e. The van der Waals surface area contributed by atoms with Gasteiger partial charge in [-0.25, -0.2) is 0 Å². The largest absolute Gasteiger partial charge is 0.381 e. The molecular weight excluding hydrogens is 218 g/mol. The van der Waals surface area contributed by atoms with Crippen molar-refractivity contribution in [3.63, 3.8) is 0 Å². The molecule has 1 fully saturated rings. The van der Waals surface area contributed by atoms with Crippen LogP contribution >= 0.6 is 0 Å². The van der Waals surface area contributed by atoms with E-state index in [0.717, 1.165) is 18.1 Å². The van der Waals surface area contributed by atoms with Crippen molar-refractivity contribution in [1.29, 1.82) is 0 Å². The van der Waals surface area contributed by atoms with Gasteiger partial charge in [0.25, 0.3) is 0 Å². The van der Waals surface area contributed by atoms with Crippen LogP contribution in [0.1, 0.15) is 43.8 Å². The number of nitrogens with zero attached hydrogens (tertiary/aromatic N) is 2. The van der Waals surface area contributed by atoms with Crippen LogP contribution in [0.5, 0.6) is 0 Å². The number of hydrogen-bond donors (Lipinski definition) is 1. The molecule has 2 rings (SSSR count). The number of rotatable bonds is 5. The number of ether oxygens (including phenoxy) is 1. The van der Waals surface area contributed by atoms with Gasteiger partial charge < -0.3 is 14.6 Å².